The molecule has 0 saturated carbocycles. The van der Waals surface area contributed by atoms with Crippen molar-refractivity contribution in [2.24, 2.45) is 14.1 Å². The van der Waals surface area contributed by atoms with Crippen molar-refractivity contribution < 1.29 is 23.9 Å². The molecular formula is C20H20N4O7. The molecule has 0 bridgehead atoms. The van der Waals surface area contributed by atoms with Crippen molar-refractivity contribution in [2.75, 3.05) is 12.3 Å². The fourth-order valence-corrected chi connectivity index (χ4v) is 3.14. The van der Waals surface area contributed by atoms with Gasteiger partial charge in [-0.1, -0.05) is 12.1 Å². The Kier molecular flexibility index (Phi) is 5.86. The van der Waals surface area contributed by atoms with Gasteiger partial charge in [-0.15, -0.1) is 0 Å². The Labute approximate surface area is 175 Å². The van der Waals surface area contributed by atoms with Gasteiger partial charge >= 0.3 is 11.7 Å². The van der Waals surface area contributed by atoms with Crippen LogP contribution in [-0.4, -0.2) is 44.2 Å². The van der Waals surface area contributed by atoms with Crippen molar-refractivity contribution >= 4 is 29.4 Å². The molecular weight excluding hydrogens is 408 g/mol. The van der Waals surface area contributed by atoms with Crippen LogP contribution >= 0.6 is 0 Å². The SMILES string of the molecule is Cn1c(N)c(C(=O)COC(=O)c2ccc(CN3C(=O)CCC3=O)cc2)c(=O)n(C)c1=O. The summed E-state index contributed by atoms with van der Waals surface area (Å²) in [6, 6.07) is 6.01. The number of carbonyl (C=O) groups excluding carboxylic acids is 4. The maximum atomic E-state index is 12.4. The summed E-state index contributed by atoms with van der Waals surface area (Å²) >= 11 is 0. The van der Waals surface area contributed by atoms with E-state index in [1.807, 2.05) is 0 Å². The van der Waals surface area contributed by atoms with Crippen LogP contribution in [-0.2, 0) is 35.0 Å². The highest BCUT2D eigenvalue weighted by Gasteiger charge is 2.28. The van der Waals surface area contributed by atoms with Gasteiger partial charge in [0.25, 0.3) is 5.56 Å². The highest BCUT2D eigenvalue weighted by Crippen LogP contribution is 2.16. The third kappa shape index (κ3) is 4.15. The van der Waals surface area contributed by atoms with Crippen LogP contribution in [0.1, 0.15) is 39.1 Å². The van der Waals surface area contributed by atoms with Crippen LogP contribution < -0.4 is 17.0 Å². The summed E-state index contributed by atoms with van der Waals surface area (Å²) in [7, 11) is 2.52. The van der Waals surface area contributed by atoms with Crippen LogP contribution in [0, 0.1) is 0 Å². The van der Waals surface area contributed by atoms with Gasteiger partial charge in [0, 0.05) is 26.9 Å². The lowest BCUT2D eigenvalue weighted by Gasteiger charge is -2.14. The van der Waals surface area contributed by atoms with Crippen molar-refractivity contribution in [2.45, 2.75) is 19.4 Å². The number of benzene rings is 1. The van der Waals surface area contributed by atoms with Gasteiger partial charge < -0.3 is 10.5 Å². The largest absolute Gasteiger partial charge is 0.454 e. The van der Waals surface area contributed by atoms with Crippen molar-refractivity contribution in [1.82, 2.24) is 14.0 Å². The number of nitrogens with two attached hydrogens (primary N) is 1. The van der Waals surface area contributed by atoms with Crippen molar-refractivity contribution in [1.29, 1.82) is 0 Å². The minimum atomic E-state index is -0.878. The number of anilines is 1. The number of nitrogens with zero attached hydrogens (tertiary/aromatic N) is 3. The number of hydrogen-bond donors (Lipinski definition) is 1. The van der Waals surface area contributed by atoms with Crippen LogP contribution in [0.25, 0.3) is 0 Å². The monoisotopic (exact) mass is 428 g/mol. The lowest BCUT2D eigenvalue weighted by molar-refractivity contribution is -0.139. The Balaban J connectivity index is 1.67. The summed E-state index contributed by atoms with van der Waals surface area (Å²) in [5.41, 5.74) is 4.50. The first-order valence-corrected chi connectivity index (χ1v) is 9.29. The molecule has 1 aromatic carbocycles. The number of esters is 1. The summed E-state index contributed by atoms with van der Waals surface area (Å²) in [6.45, 7) is -0.629. The number of likely N-dealkylation sites (tertiary alicyclic amines) is 1. The minimum absolute atomic E-state index is 0.112. The molecule has 0 radical (unpaired) electrons. The van der Waals surface area contributed by atoms with Crippen LogP contribution in [0.5, 0.6) is 0 Å². The number of Topliss-reactive ketones (excluding diaryl/α,β-unsaturated/α-hetero) is 1. The molecule has 2 heterocycles. The van der Waals surface area contributed by atoms with E-state index in [-0.39, 0.29) is 42.6 Å². The molecule has 11 nitrogen and oxygen atoms in total. The fraction of sp³-hybridized carbons (Fsp3) is 0.300. The number of ketones is 1. The predicted molar refractivity (Wildman–Crippen MR) is 107 cm³/mol. The normalized spacial score (nSPS) is 13.5. The van der Waals surface area contributed by atoms with Gasteiger partial charge in [-0.25, -0.2) is 9.59 Å². The molecule has 2 amide bonds. The lowest BCUT2D eigenvalue weighted by atomic mass is 10.1. The summed E-state index contributed by atoms with van der Waals surface area (Å²) in [4.78, 5) is 73.2. The average Bonchev–Trinajstić information content (AvgIpc) is 3.07. The zero-order valence-corrected chi connectivity index (χ0v) is 16.9. The van der Waals surface area contributed by atoms with Gasteiger partial charge in [-0.05, 0) is 17.7 Å². The Morgan fingerprint density at radius 2 is 1.55 bits per heavy atom. The molecule has 11 heteroatoms. The Hall–Kier alpha value is -4.02. The summed E-state index contributed by atoms with van der Waals surface area (Å²) in [5.74, 6) is -2.45. The van der Waals surface area contributed by atoms with Gasteiger partial charge in [0.05, 0.1) is 12.1 Å². The van der Waals surface area contributed by atoms with E-state index in [0.717, 1.165) is 14.0 Å². The van der Waals surface area contributed by atoms with E-state index in [2.05, 4.69) is 0 Å². The Morgan fingerprint density at radius 3 is 2.13 bits per heavy atom. The molecule has 2 N–H and O–H groups in total. The van der Waals surface area contributed by atoms with E-state index in [1.54, 1.807) is 12.1 Å². The minimum Gasteiger partial charge on any atom is -0.454 e. The maximum absolute atomic E-state index is 12.4. The zero-order valence-electron chi connectivity index (χ0n) is 16.9. The molecule has 3 rings (SSSR count). The van der Waals surface area contributed by atoms with E-state index in [1.165, 1.54) is 26.2 Å². The maximum Gasteiger partial charge on any atom is 0.338 e. The molecule has 1 saturated heterocycles. The first-order chi connectivity index (χ1) is 14.6. The number of nitrogen functional groups attached to an aromatic ring is 1. The number of aromatic nitrogens is 2. The topological polar surface area (TPSA) is 151 Å². The molecule has 0 atom stereocenters. The predicted octanol–water partition coefficient (Wildman–Crippen LogP) is -0.645. The second-order valence-electron chi connectivity index (χ2n) is 7.04. The summed E-state index contributed by atoms with van der Waals surface area (Å²) < 4.78 is 6.66. The molecule has 0 unspecified atom stereocenters. The fourth-order valence-electron chi connectivity index (χ4n) is 3.14. The standard InChI is InChI=1S/C20H20N4O7/c1-22-17(21)16(18(28)23(2)20(22)30)13(25)10-31-19(29)12-5-3-11(4-6-12)9-24-14(26)7-8-15(24)27/h3-6H,7-10,21H2,1-2H3. The smallest absolute Gasteiger partial charge is 0.338 e. The molecule has 1 fully saturated rings. The Bertz CT molecular complexity index is 1190. The van der Waals surface area contributed by atoms with E-state index in [0.29, 0.717) is 5.56 Å². The number of ether oxygens (including phenoxy) is 1. The highest BCUT2D eigenvalue weighted by atomic mass is 16.5. The number of hydrogen-bond acceptors (Lipinski definition) is 8. The molecule has 1 aliphatic heterocycles. The van der Waals surface area contributed by atoms with Gasteiger partial charge in [0.1, 0.15) is 11.4 Å². The van der Waals surface area contributed by atoms with E-state index in [4.69, 9.17) is 10.5 Å². The van der Waals surface area contributed by atoms with E-state index < -0.39 is 35.2 Å². The number of rotatable bonds is 6. The van der Waals surface area contributed by atoms with E-state index >= 15 is 0 Å². The first-order valence-electron chi connectivity index (χ1n) is 9.29. The van der Waals surface area contributed by atoms with E-state index in [9.17, 15) is 28.8 Å². The molecule has 1 aliphatic rings. The third-order valence-electron chi connectivity index (χ3n) is 5.01. The average molecular weight is 428 g/mol. The zero-order chi connectivity index (χ0) is 22.9. The van der Waals surface area contributed by atoms with Gasteiger partial charge in [-0.2, -0.15) is 0 Å². The lowest BCUT2D eigenvalue weighted by Crippen LogP contribution is -2.42. The third-order valence-corrected chi connectivity index (χ3v) is 5.01. The summed E-state index contributed by atoms with van der Waals surface area (Å²) in [6.07, 6.45) is 0.390. The Morgan fingerprint density at radius 1 is 0.968 bits per heavy atom. The molecule has 0 spiro atoms. The molecule has 162 valence electrons. The van der Waals surface area contributed by atoms with Gasteiger partial charge in [0.15, 0.2) is 6.61 Å². The van der Waals surface area contributed by atoms with Crippen LogP contribution in [0.15, 0.2) is 33.9 Å². The highest BCUT2D eigenvalue weighted by molar-refractivity contribution is 6.02. The molecule has 31 heavy (non-hydrogen) atoms. The van der Waals surface area contributed by atoms with Crippen LogP contribution in [0.2, 0.25) is 0 Å². The van der Waals surface area contributed by atoms with Crippen molar-refractivity contribution in [3.05, 3.63) is 61.8 Å². The van der Waals surface area contributed by atoms with Crippen LogP contribution in [0.3, 0.4) is 0 Å². The second-order valence-corrected chi connectivity index (χ2v) is 7.04. The molecule has 1 aromatic heterocycles. The quantitative estimate of drug-likeness (QED) is 0.362. The second kappa shape index (κ2) is 8.38. The van der Waals surface area contributed by atoms with Gasteiger partial charge in [-0.3, -0.25) is 33.2 Å². The van der Waals surface area contributed by atoms with Crippen LogP contribution in [0.4, 0.5) is 5.82 Å². The van der Waals surface area contributed by atoms with Crippen molar-refractivity contribution in [3.63, 3.8) is 0 Å². The molecule has 0 aliphatic carbocycles. The van der Waals surface area contributed by atoms with Gasteiger partial charge in [0.2, 0.25) is 17.6 Å². The summed E-state index contributed by atoms with van der Waals surface area (Å²) in [5, 5.41) is 0. The number of carbonyl (C=O) groups is 4. The number of amides is 2. The van der Waals surface area contributed by atoms with Crippen molar-refractivity contribution in [3.8, 4) is 0 Å². The number of imide groups is 1. The molecule has 2 aromatic rings. The first kappa shape index (κ1) is 21.7.